The minimum Gasteiger partial charge on any atom is -0.494 e. The molecule has 21 heavy (non-hydrogen) atoms. The number of nitrogens with zero attached hydrogens (tertiary/aromatic N) is 3. The van der Waals surface area contributed by atoms with Crippen molar-refractivity contribution in [3.8, 4) is 11.5 Å². The van der Waals surface area contributed by atoms with Gasteiger partial charge in [-0.2, -0.15) is 0 Å². The number of ether oxygens (including phenoxy) is 2. The molecule has 0 aliphatic rings. The Morgan fingerprint density at radius 2 is 1.76 bits per heavy atom. The fourth-order valence-electron chi connectivity index (χ4n) is 2.02. The highest BCUT2D eigenvalue weighted by Crippen LogP contribution is 2.20. The highest BCUT2D eigenvalue weighted by Gasteiger charge is 2.14. The molecule has 0 fully saturated rings. The Balaban J connectivity index is 2.07. The third-order valence-electron chi connectivity index (χ3n) is 3.06. The van der Waals surface area contributed by atoms with E-state index in [9.17, 15) is 0 Å². The molecule has 2 rings (SSSR count). The summed E-state index contributed by atoms with van der Waals surface area (Å²) in [5, 5.41) is 8.22. The van der Waals surface area contributed by atoms with Gasteiger partial charge in [0.2, 0.25) is 0 Å². The van der Waals surface area contributed by atoms with Gasteiger partial charge in [-0.05, 0) is 45.0 Å². The third-order valence-corrected chi connectivity index (χ3v) is 3.06. The van der Waals surface area contributed by atoms with Crippen LogP contribution >= 0.6 is 0 Å². The van der Waals surface area contributed by atoms with Gasteiger partial charge in [0.25, 0.3) is 0 Å². The Kier molecular flexibility index (Phi) is 5.16. The second kappa shape index (κ2) is 7.08. The maximum atomic E-state index is 5.80. The summed E-state index contributed by atoms with van der Waals surface area (Å²) in [5.74, 6) is 1.61. The van der Waals surface area contributed by atoms with Crippen molar-refractivity contribution in [3.63, 3.8) is 0 Å². The van der Waals surface area contributed by atoms with E-state index in [0.29, 0.717) is 19.8 Å². The standard InChI is InChI=1S/C15H22N4O2/c1-4-20-12-5-7-13(8-6-12)21-10-15-14(9-16)17-18-19(15)11(2)3/h5-8,11H,4,9-10,16H2,1-3H3. The number of benzene rings is 1. The predicted octanol–water partition coefficient (Wildman–Crippen LogP) is 2.30. The van der Waals surface area contributed by atoms with Crippen molar-refractivity contribution in [2.24, 2.45) is 5.73 Å². The zero-order valence-corrected chi connectivity index (χ0v) is 12.7. The van der Waals surface area contributed by atoms with E-state index in [1.54, 1.807) is 0 Å². The van der Waals surface area contributed by atoms with Crippen LogP contribution in [0.25, 0.3) is 0 Å². The molecule has 0 saturated carbocycles. The largest absolute Gasteiger partial charge is 0.494 e. The molecule has 0 bridgehead atoms. The fourth-order valence-corrected chi connectivity index (χ4v) is 2.02. The molecule has 0 radical (unpaired) electrons. The number of aromatic nitrogens is 3. The third kappa shape index (κ3) is 3.72. The average Bonchev–Trinajstić information content (AvgIpc) is 2.90. The molecule has 2 N–H and O–H groups in total. The first-order valence-corrected chi connectivity index (χ1v) is 7.14. The Hall–Kier alpha value is -2.08. The first-order chi connectivity index (χ1) is 10.2. The molecular formula is C15H22N4O2. The lowest BCUT2D eigenvalue weighted by Crippen LogP contribution is -2.12. The van der Waals surface area contributed by atoms with Crippen LogP contribution < -0.4 is 15.2 Å². The number of hydrogen-bond acceptors (Lipinski definition) is 5. The molecule has 6 nitrogen and oxygen atoms in total. The predicted molar refractivity (Wildman–Crippen MR) is 80.2 cm³/mol. The van der Waals surface area contributed by atoms with Crippen LogP contribution in [0, 0.1) is 0 Å². The molecule has 0 spiro atoms. The quantitative estimate of drug-likeness (QED) is 0.846. The molecule has 0 amide bonds. The van der Waals surface area contributed by atoms with Crippen LogP contribution in [0.4, 0.5) is 0 Å². The van der Waals surface area contributed by atoms with Crippen molar-refractivity contribution in [2.45, 2.75) is 40.0 Å². The minimum atomic E-state index is 0.219. The summed E-state index contributed by atoms with van der Waals surface area (Å²) in [6, 6.07) is 7.77. The van der Waals surface area contributed by atoms with Gasteiger partial charge < -0.3 is 15.2 Å². The molecule has 0 aliphatic heterocycles. The van der Waals surface area contributed by atoms with Gasteiger partial charge in [-0.15, -0.1) is 5.10 Å². The molecule has 0 atom stereocenters. The van der Waals surface area contributed by atoms with E-state index in [1.165, 1.54) is 0 Å². The first-order valence-electron chi connectivity index (χ1n) is 7.14. The van der Waals surface area contributed by atoms with Crippen LogP contribution in [0.15, 0.2) is 24.3 Å². The van der Waals surface area contributed by atoms with E-state index in [1.807, 2.05) is 35.9 Å². The number of nitrogens with two attached hydrogens (primary N) is 1. The summed E-state index contributed by atoms with van der Waals surface area (Å²) in [7, 11) is 0. The van der Waals surface area contributed by atoms with E-state index >= 15 is 0 Å². The van der Waals surface area contributed by atoms with Gasteiger partial charge in [0.05, 0.1) is 6.61 Å². The van der Waals surface area contributed by atoms with Crippen molar-refractivity contribution < 1.29 is 9.47 Å². The SMILES string of the molecule is CCOc1ccc(OCc2c(CN)nnn2C(C)C)cc1. The van der Waals surface area contributed by atoms with E-state index in [4.69, 9.17) is 15.2 Å². The molecule has 1 aromatic heterocycles. The molecule has 1 heterocycles. The highest BCUT2D eigenvalue weighted by molar-refractivity contribution is 5.31. The van der Waals surface area contributed by atoms with Crippen molar-refractivity contribution in [1.29, 1.82) is 0 Å². The molecule has 114 valence electrons. The summed E-state index contributed by atoms with van der Waals surface area (Å²) in [6.45, 7) is 7.46. The Morgan fingerprint density at radius 1 is 1.14 bits per heavy atom. The van der Waals surface area contributed by atoms with Crippen LogP contribution in [0.2, 0.25) is 0 Å². The topological polar surface area (TPSA) is 75.2 Å². The van der Waals surface area contributed by atoms with Gasteiger partial charge in [0.15, 0.2) is 0 Å². The molecule has 2 aromatic rings. The maximum Gasteiger partial charge on any atom is 0.132 e. The molecule has 0 unspecified atom stereocenters. The van der Waals surface area contributed by atoms with Gasteiger partial charge in [-0.3, -0.25) is 0 Å². The van der Waals surface area contributed by atoms with Crippen LogP contribution in [-0.2, 0) is 13.2 Å². The van der Waals surface area contributed by atoms with Crippen molar-refractivity contribution in [2.75, 3.05) is 6.61 Å². The van der Waals surface area contributed by atoms with Crippen LogP contribution in [-0.4, -0.2) is 21.6 Å². The first kappa shape index (κ1) is 15.3. The van der Waals surface area contributed by atoms with E-state index in [0.717, 1.165) is 22.9 Å². The normalized spacial score (nSPS) is 10.9. The molecule has 6 heteroatoms. The van der Waals surface area contributed by atoms with Crippen molar-refractivity contribution in [3.05, 3.63) is 35.7 Å². The van der Waals surface area contributed by atoms with Gasteiger partial charge in [0.1, 0.15) is 29.5 Å². The molecule has 0 saturated heterocycles. The van der Waals surface area contributed by atoms with Crippen LogP contribution in [0.1, 0.15) is 38.2 Å². The lowest BCUT2D eigenvalue weighted by Gasteiger charge is -2.12. The van der Waals surface area contributed by atoms with Gasteiger partial charge in [-0.25, -0.2) is 4.68 Å². The van der Waals surface area contributed by atoms with E-state index < -0.39 is 0 Å². The van der Waals surface area contributed by atoms with E-state index in [-0.39, 0.29) is 6.04 Å². The molecule has 0 aliphatic carbocycles. The van der Waals surface area contributed by atoms with Crippen molar-refractivity contribution in [1.82, 2.24) is 15.0 Å². The smallest absolute Gasteiger partial charge is 0.132 e. The summed E-state index contributed by atoms with van der Waals surface area (Å²) in [5.41, 5.74) is 7.39. The zero-order chi connectivity index (χ0) is 15.2. The lowest BCUT2D eigenvalue weighted by atomic mass is 10.3. The van der Waals surface area contributed by atoms with Gasteiger partial charge >= 0.3 is 0 Å². The lowest BCUT2D eigenvalue weighted by molar-refractivity contribution is 0.285. The van der Waals surface area contributed by atoms with Crippen LogP contribution in [0.3, 0.4) is 0 Å². The monoisotopic (exact) mass is 290 g/mol. The number of hydrogen-bond donors (Lipinski definition) is 1. The summed E-state index contributed by atoms with van der Waals surface area (Å²) in [6.07, 6.45) is 0. The Morgan fingerprint density at radius 3 is 2.29 bits per heavy atom. The average molecular weight is 290 g/mol. The second-order valence-electron chi connectivity index (χ2n) is 4.92. The Bertz CT molecular complexity index is 564. The van der Waals surface area contributed by atoms with E-state index in [2.05, 4.69) is 24.2 Å². The van der Waals surface area contributed by atoms with Gasteiger partial charge in [0, 0.05) is 12.6 Å². The summed E-state index contributed by atoms with van der Waals surface area (Å²) >= 11 is 0. The Labute approximate surface area is 124 Å². The molecule has 1 aromatic carbocycles. The second-order valence-corrected chi connectivity index (χ2v) is 4.92. The van der Waals surface area contributed by atoms with Crippen molar-refractivity contribution >= 4 is 0 Å². The molecular weight excluding hydrogens is 268 g/mol. The van der Waals surface area contributed by atoms with Crippen LogP contribution in [0.5, 0.6) is 11.5 Å². The minimum absolute atomic E-state index is 0.219. The van der Waals surface area contributed by atoms with Gasteiger partial charge in [-0.1, -0.05) is 5.21 Å². The highest BCUT2D eigenvalue weighted by atomic mass is 16.5. The fraction of sp³-hybridized carbons (Fsp3) is 0.467. The zero-order valence-electron chi connectivity index (χ0n) is 12.7. The summed E-state index contributed by atoms with van der Waals surface area (Å²) < 4.78 is 13.1. The maximum absolute atomic E-state index is 5.80. The number of rotatable bonds is 7. The summed E-state index contributed by atoms with van der Waals surface area (Å²) in [4.78, 5) is 0.